The molecule has 9 nitrogen and oxygen atoms in total. The summed E-state index contributed by atoms with van der Waals surface area (Å²) in [6.07, 6.45) is 48.5. The number of ether oxygens (including phenoxy) is 2. The van der Waals surface area contributed by atoms with E-state index in [2.05, 4.69) is 19.2 Å². The zero-order chi connectivity index (χ0) is 47.3. The van der Waals surface area contributed by atoms with Crippen LogP contribution < -0.4 is 5.32 Å². The van der Waals surface area contributed by atoms with Crippen molar-refractivity contribution in [2.45, 2.75) is 339 Å². The summed E-state index contributed by atoms with van der Waals surface area (Å²) >= 11 is 0. The second-order valence-electron chi connectivity index (χ2n) is 20.5. The van der Waals surface area contributed by atoms with E-state index < -0.39 is 49.5 Å². The number of hydrogen-bond donors (Lipinski definition) is 6. The van der Waals surface area contributed by atoms with Gasteiger partial charge in [0, 0.05) is 6.42 Å². The third-order valence-electron chi connectivity index (χ3n) is 14.2. The minimum Gasteiger partial charge on any atom is -0.394 e. The van der Waals surface area contributed by atoms with Gasteiger partial charge in [-0.2, -0.15) is 0 Å². The summed E-state index contributed by atoms with van der Waals surface area (Å²) in [5, 5.41) is 54.6. The van der Waals surface area contributed by atoms with E-state index in [1.807, 2.05) is 0 Å². The Kier molecular flexibility index (Phi) is 44.9. The number of carbonyl (C=O) groups is 1. The number of aliphatic hydroxyl groups is 5. The lowest BCUT2D eigenvalue weighted by Gasteiger charge is -2.40. The number of nitrogens with one attached hydrogen (secondary N) is 1. The Labute approximate surface area is 402 Å². The van der Waals surface area contributed by atoms with Gasteiger partial charge in [0.1, 0.15) is 24.4 Å². The summed E-state index contributed by atoms with van der Waals surface area (Å²) < 4.78 is 11.3. The molecule has 1 fully saturated rings. The first-order valence-corrected chi connectivity index (χ1v) is 28.7. The van der Waals surface area contributed by atoms with E-state index in [0.29, 0.717) is 12.8 Å². The van der Waals surface area contributed by atoms with Crippen molar-refractivity contribution in [1.29, 1.82) is 0 Å². The summed E-state index contributed by atoms with van der Waals surface area (Å²) in [7, 11) is 0. The highest BCUT2D eigenvalue weighted by atomic mass is 16.7. The van der Waals surface area contributed by atoms with Gasteiger partial charge in [-0.05, 0) is 12.8 Å². The molecule has 1 heterocycles. The molecule has 65 heavy (non-hydrogen) atoms. The molecule has 0 spiro atoms. The van der Waals surface area contributed by atoms with Gasteiger partial charge >= 0.3 is 0 Å². The third-order valence-corrected chi connectivity index (χ3v) is 14.2. The Balaban J connectivity index is 2.16. The Hall–Kier alpha value is -0.810. The lowest BCUT2D eigenvalue weighted by atomic mass is 9.99. The van der Waals surface area contributed by atoms with E-state index >= 15 is 0 Å². The predicted octanol–water partition coefficient (Wildman–Crippen LogP) is 13.9. The van der Waals surface area contributed by atoms with Gasteiger partial charge in [0.05, 0.1) is 25.4 Å². The molecule has 7 atom stereocenters. The second kappa shape index (κ2) is 46.9. The maximum absolute atomic E-state index is 13.1. The fourth-order valence-electron chi connectivity index (χ4n) is 9.64. The molecule has 9 heteroatoms. The molecule has 1 amide bonds. The highest BCUT2D eigenvalue weighted by Gasteiger charge is 2.44. The van der Waals surface area contributed by atoms with Crippen molar-refractivity contribution in [3.63, 3.8) is 0 Å². The number of amides is 1. The molecule has 1 saturated heterocycles. The summed E-state index contributed by atoms with van der Waals surface area (Å²) in [6.45, 7) is 3.88. The number of aliphatic hydroxyl groups excluding tert-OH is 5. The molecule has 1 aliphatic heterocycles. The minimum atomic E-state index is -1.55. The van der Waals surface area contributed by atoms with E-state index in [9.17, 15) is 30.3 Å². The van der Waals surface area contributed by atoms with Gasteiger partial charge in [0.25, 0.3) is 0 Å². The van der Waals surface area contributed by atoms with Crippen molar-refractivity contribution in [3.8, 4) is 0 Å². The van der Waals surface area contributed by atoms with Crippen LogP contribution in [0.25, 0.3) is 0 Å². The molecule has 0 aliphatic carbocycles. The van der Waals surface area contributed by atoms with Crippen LogP contribution >= 0.6 is 0 Å². The Bertz CT molecular complexity index is 986. The zero-order valence-electron chi connectivity index (χ0n) is 43.0. The molecule has 0 aromatic heterocycles. The SMILES string of the molecule is CCCCCCCCCCCCCCCCCCCCCCCCCCCCC(=O)N[C@@H](CO[C@@H]1O[C@H](CO)[C@H](O)C(O)C1O)[C@H](O)CCCCCCCCCCCCCCCCCC. The molecular formula is C56H111NO8. The van der Waals surface area contributed by atoms with Gasteiger partial charge in [-0.15, -0.1) is 0 Å². The van der Waals surface area contributed by atoms with E-state index in [0.717, 1.165) is 38.5 Å². The van der Waals surface area contributed by atoms with Gasteiger partial charge < -0.3 is 40.3 Å². The molecule has 388 valence electrons. The monoisotopic (exact) mass is 926 g/mol. The van der Waals surface area contributed by atoms with Gasteiger partial charge in [0.15, 0.2) is 6.29 Å². The smallest absolute Gasteiger partial charge is 0.220 e. The summed E-state index contributed by atoms with van der Waals surface area (Å²) in [4.78, 5) is 13.1. The van der Waals surface area contributed by atoms with E-state index in [-0.39, 0.29) is 12.5 Å². The second-order valence-corrected chi connectivity index (χ2v) is 20.5. The number of hydrogen-bond acceptors (Lipinski definition) is 8. The van der Waals surface area contributed by atoms with Crippen LogP contribution in [0.2, 0.25) is 0 Å². The fourth-order valence-corrected chi connectivity index (χ4v) is 9.64. The molecular weight excluding hydrogens is 815 g/mol. The summed E-state index contributed by atoms with van der Waals surface area (Å²) in [5.74, 6) is -0.136. The molecule has 2 unspecified atom stereocenters. The first kappa shape index (κ1) is 62.2. The van der Waals surface area contributed by atoms with Crippen LogP contribution in [-0.2, 0) is 14.3 Å². The van der Waals surface area contributed by atoms with Crippen LogP contribution in [-0.4, -0.2) is 87.5 Å². The van der Waals surface area contributed by atoms with E-state index in [4.69, 9.17) is 9.47 Å². The molecule has 0 bridgehead atoms. The number of rotatable bonds is 50. The van der Waals surface area contributed by atoms with Crippen LogP contribution in [0.4, 0.5) is 0 Å². The molecule has 6 N–H and O–H groups in total. The van der Waals surface area contributed by atoms with Crippen molar-refractivity contribution < 1.29 is 39.8 Å². The maximum Gasteiger partial charge on any atom is 0.220 e. The van der Waals surface area contributed by atoms with Gasteiger partial charge in [0.2, 0.25) is 5.91 Å². The average molecular weight is 927 g/mol. The van der Waals surface area contributed by atoms with Crippen LogP contribution in [0.5, 0.6) is 0 Å². The zero-order valence-corrected chi connectivity index (χ0v) is 43.0. The van der Waals surface area contributed by atoms with Gasteiger partial charge in [-0.3, -0.25) is 4.79 Å². The fraction of sp³-hybridized carbons (Fsp3) is 0.982. The number of carbonyl (C=O) groups excluding carboxylic acids is 1. The Morgan fingerprint density at radius 1 is 0.462 bits per heavy atom. The normalized spacial score (nSPS) is 19.8. The van der Waals surface area contributed by atoms with E-state index in [1.54, 1.807) is 0 Å². The van der Waals surface area contributed by atoms with E-state index in [1.165, 1.54) is 231 Å². The highest BCUT2D eigenvalue weighted by Crippen LogP contribution is 2.23. The van der Waals surface area contributed by atoms with Crippen LogP contribution in [0.3, 0.4) is 0 Å². The van der Waals surface area contributed by atoms with Crippen LogP contribution in [0.1, 0.15) is 296 Å². The van der Waals surface area contributed by atoms with Crippen LogP contribution in [0, 0.1) is 0 Å². The molecule has 0 aromatic carbocycles. The Morgan fingerprint density at radius 3 is 1.09 bits per heavy atom. The first-order chi connectivity index (χ1) is 31.8. The minimum absolute atomic E-state index is 0.131. The van der Waals surface area contributed by atoms with Crippen molar-refractivity contribution in [2.24, 2.45) is 0 Å². The molecule has 0 saturated carbocycles. The quantitative estimate of drug-likeness (QED) is 0.0330. The molecule has 1 rings (SSSR count). The topological polar surface area (TPSA) is 149 Å². The average Bonchev–Trinajstić information content (AvgIpc) is 3.31. The van der Waals surface area contributed by atoms with Gasteiger partial charge in [-0.1, -0.05) is 277 Å². The molecule has 1 aliphatic rings. The van der Waals surface area contributed by atoms with Crippen molar-refractivity contribution >= 4 is 5.91 Å². The Morgan fingerprint density at radius 2 is 0.769 bits per heavy atom. The first-order valence-electron chi connectivity index (χ1n) is 28.7. The maximum atomic E-state index is 13.1. The lowest BCUT2D eigenvalue weighted by Crippen LogP contribution is -2.60. The number of unbranched alkanes of at least 4 members (excludes halogenated alkanes) is 40. The highest BCUT2D eigenvalue weighted by molar-refractivity contribution is 5.76. The lowest BCUT2D eigenvalue weighted by molar-refractivity contribution is -0.302. The third kappa shape index (κ3) is 36.8. The van der Waals surface area contributed by atoms with Crippen molar-refractivity contribution in [3.05, 3.63) is 0 Å². The standard InChI is InChI=1S/C56H111NO8/c1-3-5-7-9-11-13-15-17-19-21-22-23-24-25-26-27-28-29-30-32-34-36-38-40-42-44-46-52(60)57-49(48-64-56-55(63)54(62)53(61)51(47-58)65-56)50(59)45-43-41-39-37-35-33-31-20-18-16-14-12-10-8-6-4-2/h49-51,53-56,58-59,61-63H,3-48H2,1-2H3,(H,57,60)/t49-,50+,51+,53-,54?,55?,56+/m0/s1. The van der Waals surface area contributed by atoms with Crippen molar-refractivity contribution in [2.75, 3.05) is 13.2 Å². The predicted molar refractivity (Wildman–Crippen MR) is 272 cm³/mol. The summed E-state index contributed by atoms with van der Waals surface area (Å²) in [5.41, 5.74) is 0. The van der Waals surface area contributed by atoms with Crippen molar-refractivity contribution in [1.82, 2.24) is 5.32 Å². The van der Waals surface area contributed by atoms with Gasteiger partial charge in [-0.25, -0.2) is 0 Å². The molecule has 0 aromatic rings. The largest absolute Gasteiger partial charge is 0.394 e. The van der Waals surface area contributed by atoms with Crippen LogP contribution in [0.15, 0.2) is 0 Å². The molecule has 0 radical (unpaired) electrons. The summed E-state index contributed by atoms with van der Waals surface area (Å²) in [6, 6.07) is -0.713.